The first-order valence-corrected chi connectivity index (χ1v) is 8.48. The number of hydrogen-bond acceptors (Lipinski definition) is 4. The van der Waals surface area contributed by atoms with Gasteiger partial charge >= 0.3 is 6.09 Å². The predicted molar refractivity (Wildman–Crippen MR) is 91.3 cm³/mol. The van der Waals surface area contributed by atoms with Gasteiger partial charge in [0.05, 0.1) is 11.5 Å². The molecule has 0 spiro atoms. The minimum atomic E-state index is -0.489. The Morgan fingerprint density at radius 3 is 2.39 bits per heavy atom. The number of nitrogens with one attached hydrogen (secondary N) is 2. The van der Waals surface area contributed by atoms with Gasteiger partial charge in [-0.1, -0.05) is 0 Å². The van der Waals surface area contributed by atoms with Crippen molar-refractivity contribution >= 4 is 34.7 Å². The van der Waals surface area contributed by atoms with Gasteiger partial charge in [0.1, 0.15) is 0 Å². The molecular weight excluding hydrogens is 312 g/mol. The maximum absolute atomic E-state index is 12.4. The first-order valence-electron chi connectivity index (χ1n) is 7.60. The first-order chi connectivity index (χ1) is 11.2. The highest BCUT2D eigenvalue weighted by molar-refractivity contribution is 7.12. The van der Waals surface area contributed by atoms with Gasteiger partial charge in [-0.2, -0.15) is 0 Å². The highest BCUT2D eigenvalue weighted by Gasteiger charge is 2.28. The third-order valence-corrected chi connectivity index (χ3v) is 4.51. The molecule has 120 valence electrons. The fourth-order valence-electron chi connectivity index (χ4n) is 2.33. The summed E-state index contributed by atoms with van der Waals surface area (Å²) in [7, 11) is 0. The second kappa shape index (κ2) is 6.83. The number of thiophene rings is 1. The van der Waals surface area contributed by atoms with Gasteiger partial charge in [-0.3, -0.25) is 10.1 Å². The molecule has 5 nitrogen and oxygen atoms in total. The summed E-state index contributed by atoms with van der Waals surface area (Å²) in [6, 6.07) is 9.00. The molecule has 1 aliphatic carbocycles. The van der Waals surface area contributed by atoms with Crippen LogP contribution in [-0.2, 0) is 4.74 Å². The minimum Gasteiger partial charge on any atom is -0.450 e. The molecule has 0 aliphatic heterocycles. The van der Waals surface area contributed by atoms with Gasteiger partial charge in [0, 0.05) is 11.4 Å². The van der Waals surface area contributed by atoms with Crippen LogP contribution < -0.4 is 10.6 Å². The molecule has 2 N–H and O–H groups in total. The summed E-state index contributed by atoms with van der Waals surface area (Å²) in [6.45, 7) is 2.07. The van der Waals surface area contributed by atoms with E-state index in [4.69, 9.17) is 4.74 Å². The third kappa shape index (κ3) is 3.90. The molecule has 1 aliphatic rings. The van der Waals surface area contributed by atoms with Crippen LogP contribution in [-0.4, -0.2) is 18.6 Å². The topological polar surface area (TPSA) is 67.4 Å². The van der Waals surface area contributed by atoms with Crippen LogP contribution in [0.4, 0.5) is 16.2 Å². The van der Waals surface area contributed by atoms with Crippen LogP contribution in [0.1, 0.15) is 40.9 Å². The smallest absolute Gasteiger partial charge is 0.411 e. The molecule has 1 saturated carbocycles. The van der Waals surface area contributed by atoms with Crippen molar-refractivity contribution in [3.63, 3.8) is 0 Å². The van der Waals surface area contributed by atoms with Gasteiger partial charge in [0.2, 0.25) is 0 Å². The summed E-state index contributed by atoms with van der Waals surface area (Å²) in [5.41, 5.74) is 2.48. The number of amides is 2. The molecule has 3 rings (SSSR count). The summed E-state index contributed by atoms with van der Waals surface area (Å²) in [5, 5.41) is 7.48. The van der Waals surface area contributed by atoms with E-state index in [2.05, 4.69) is 10.6 Å². The summed E-state index contributed by atoms with van der Waals surface area (Å²) < 4.78 is 4.81. The van der Waals surface area contributed by atoms with Crippen LogP contribution in [0.2, 0.25) is 0 Å². The van der Waals surface area contributed by atoms with Crippen LogP contribution in [0.5, 0.6) is 0 Å². The number of benzene rings is 1. The van der Waals surface area contributed by atoms with E-state index in [0.29, 0.717) is 23.9 Å². The molecular formula is C17H18N2O3S. The Hall–Kier alpha value is -2.34. The number of carbonyl (C=O) groups is 2. The van der Waals surface area contributed by atoms with Crippen molar-refractivity contribution in [1.29, 1.82) is 0 Å². The molecule has 1 heterocycles. The number of hydrogen-bond donors (Lipinski definition) is 2. The summed E-state index contributed by atoms with van der Waals surface area (Å²) >= 11 is 1.48. The molecule has 0 radical (unpaired) electrons. The zero-order chi connectivity index (χ0) is 16.2. The quantitative estimate of drug-likeness (QED) is 0.851. The van der Waals surface area contributed by atoms with E-state index >= 15 is 0 Å². The molecule has 2 amide bonds. The maximum atomic E-state index is 12.4. The van der Waals surface area contributed by atoms with Crippen LogP contribution >= 0.6 is 11.3 Å². The average molecular weight is 330 g/mol. The van der Waals surface area contributed by atoms with E-state index in [-0.39, 0.29) is 5.91 Å². The van der Waals surface area contributed by atoms with Gasteiger partial charge in [-0.05, 0) is 67.0 Å². The Balaban J connectivity index is 1.62. The fourth-order valence-corrected chi connectivity index (χ4v) is 3.21. The van der Waals surface area contributed by atoms with Crippen LogP contribution in [0.15, 0.2) is 35.7 Å². The summed E-state index contributed by atoms with van der Waals surface area (Å²) in [6.07, 6.45) is 1.85. The predicted octanol–water partition coefficient (Wildman–Crippen LogP) is 4.45. The number of carbonyl (C=O) groups excluding carboxylic acids is 2. The van der Waals surface area contributed by atoms with E-state index in [1.54, 1.807) is 31.2 Å². The minimum absolute atomic E-state index is 0.0759. The second-order valence-electron chi connectivity index (χ2n) is 5.36. The van der Waals surface area contributed by atoms with Crippen molar-refractivity contribution in [3.05, 3.63) is 46.2 Å². The van der Waals surface area contributed by atoms with Crippen molar-refractivity contribution in [1.82, 2.24) is 0 Å². The number of rotatable bonds is 5. The van der Waals surface area contributed by atoms with Crippen LogP contribution in [0, 0.1) is 0 Å². The van der Waals surface area contributed by atoms with Crippen molar-refractivity contribution < 1.29 is 14.3 Å². The summed E-state index contributed by atoms with van der Waals surface area (Å²) in [5.74, 6) is 0.478. The number of ether oxygens (including phenoxy) is 1. The van der Waals surface area contributed by atoms with Gasteiger partial charge in [0.25, 0.3) is 5.91 Å². The maximum Gasteiger partial charge on any atom is 0.411 e. The van der Waals surface area contributed by atoms with E-state index < -0.39 is 6.09 Å². The van der Waals surface area contributed by atoms with E-state index in [0.717, 1.165) is 10.4 Å². The highest BCUT2D eigenvalue weighted by Crippen LogP contribution is 2.43. The molecule has 1 aromatic heterocycles. The Labute approximate surface area is 138 Å². The van der Waals surface area contributed by atoms with Gasteiger partial charge in [-0.25, -0.2) is 4.79 Å². The lowest BCUT2D eigenvalue weighted by molar-refractivity contribution is 0.102. The van der Waals surface area contributed by atoms with Crippen molar-refractivity contribution in [2.24, 2.45) is 0 Å². The lowest BCUT2D eigenvalue weighted by Gasteiger charge is -2.08. The summed E-state index contributed by atoms with van der Waals surface area (Å²) in [4.78, 5) is 24.5. The standard InChI is InChI=1S/C17H18N2O3S/c1-2-22-17(21)19-13-7-5-12(6-8-13)18-16(20)15-14(9-10-23-15)11-3-4-11/h5-11H,2-4H2,1H3,(H,18,20)(H,19,21). The lowest BCUT2D eigenvalue weighted by atomic mass is 10.1. The van der Waals surface area contributed by atoms with Gasteiger partial charge < -0.3 is 10.1 Å². The van der Waals surface area contributed by atoms with E-state index in [1.165, 1.54) is 24.2 Å². The van der Waals surface area contributed by atoms with Crippen molar-refractivity contribution in [3.8, 4) is 0 Å². The van der Waals surface area contributed by atoms with Gasteiger partial charge in [-0.15, -0.1) is 11.3 Å². The molecule has 0 saturated heterocycles. The van der Waals surface area contributed by atoms with Crippen LogP contribution in [0.25, 0.3) is 0 Å². The zero-order valence-corrected chi connectivity index (χ0v) is 13.6. The molecule has 6 heteroatoms. The van der Waals surface area contributed by atoms with Crippen LogP contribution in [0.3, 0.4) is 0 Å². The number of anilines is 2. The van der Waals surface area contributed by atoms with Crippen molar-refractivity contribution in [2.75, 3.05) is 17.2 Å². The molecule has 1 aromatic carbocycles. The second-order valence-corrected chi connectivity index (χ2v) is 6.27. The zero-order valence-electron chi connectivity index (χ0n) is 12.8. The van der Waals surface area contributed by atoms with E-state index in [9.17, 15) is 9.59 Å². The highest BCUT2D eigenvalue weighted by atomic mass is 32.1. The third-order valence-electron chi connectivity index (χ3n) is 3.58. The Bertz CT molecular complexity index is 705. The molecule has 23 heavy (non-hydrogen) atoms. The normalized spacial score (nSPS) is 13.4. The Morgan fingerprint density at radius 1 is 1.13 bits per heavy atom. The van der Waals surface area contributed by atoms with Gasteiger partial charge in [0.15, 0.2) is 0 Å². The molecule has 0 atom stereocenters. The van der Waals surface area contributed by atoms with Crippen molar-refractivity contribution in [2.45, 2.75) is 25.7 Å². The monoisotopic (exact) mass is 330 g/mol. The Kier molecular flexibility index (Phi) is 4.62. The molecule has 0 unspecified atom stereocenters. The SMILES string of the molecule is CCOC(=O)Nc1ccc(NC(=O)c2sccc2C2CC2)cc1. The largest absolute Gasteiger partial charge is 0.450 e. The first kappa shape index (κ1) is 15.6. The molecule has 2 aromatic rings. The lowest BCUT2D eigenvalue weighted by Crippen LogP contribution is -2.14. The average Bonchev–Trinajstić information content (AvgIpc) is 3.26. The van der Waals surface area contributed by atoms with E-state index in [1.807, 2.05) is 11.4 Å². The Morgan fingerprint density at radius 2 is 1.78 bits per heavy atom. The molecule has 1 fully saturated rings. The fraction of sp³-hybridized carbons (Fsp3) is 0.294. The molecule has 0 bridgehead atoms.